The van der Waals surface area contributed by atoms with Gasteiger partial charge in [0.2, 0.25) is 0 Å². The van der Waals surface area contributed by atoms with E-state index in [4.69, 9.17) is 11.6 Å². The molecule has 0 amide bonds. The molecule has 1 aromatic heterocycles. The lowest BCUT2D eigenvalue weighted by Crippen LogP contribution is -2.00. The molecule has 0 atom stereocenters. The van der Waals surface area contributed by atoms with Crippen molar-refractivity contribution >= 4 is 23.1 Å². The van der Waals surface area contributed by atoms with Gasteiger partial charge in [0.05, 0.1) is 10.7 Å². The van der Waals surface area contributed by atoms with E-state index >= 15 is 0 Å². The third-order valence-electron chi connectivity index (χ3n) is 2.27. The zero-order valence-corrected chi connectivity index (χ0v) is 9.72. The highest BCUT2D eigenvalue weighted by Gasteiger charge is 2.09. The van der Waals surface area contributed by atoms with Crippen molar-refractivity contribution in [3.05, 3.63) is 52.7 Å². The van der Waals surface area contributed by atoms with Crippen LogP contribution in [0, 0.1) is 18.6 Å². The predicted octanol–water partition coefficient (Wildman–Crippen LogP) is 4.07. The number of aromatic nitrogens is 1. The molecule has 0 unspecified atom stereocenters. The average molecular weight is 255 g/mol. The van der Waals surface area contributed by atoms with E-state index in [1.165, 1.54) is 12.3 Å². The molecule has 2 aromatic rings. The minimum absolute atomic E-state index is 0.0531. The van der Waals surface area contributed by atoms with Crippen molar-refractivity contribution in [2.24, 2.45) is 0 Å². The lowest BCUT2D eigenvalue weighted by atomic mass is 10.2. The van der Waals surface area contributed by atoms with Gasteiger partial charge in [0.1, 0.15) is 5.82 Å². The lowest BCUT2D eigenvalue weighted by Gasteiger charge is -2.10. The number of anilines is 2. The van der Waals surface area contributed by atoms with Crippen molar-refractivity contribution in [1.29, 1.82) is 0 Å². The van der Waals surface area contributed by atoms with Crippen molar-refractivity contribution in [3.8, 4) is 0 Å². The van der Waals surface area contributed by atoms with E-state index in [1.54, 1.807) is 19.1 Å². The quantitative estimate of drug-likeness (QED) is 0.874. The molecule has 0 aliphatic carbocycles. The van der Waals surface area contributed by atoms with Gasteiger partial charge in [-0.1, -0.05) is 23.7 Å². The van der Waals surface area contributed by atoms with E-state index in [9.17, 15) is 8.78 Å². The predicted molar refractivity (Wildman–Crippen MR) is 63.6 cm³/mol. The minimum atomic E-state index is -0.625. The number of pyridine rings is 1. The third-order valence-corrected chi connectivity index (χ3v) is 2.48. The first-order chi connectivity index (χ1) is 8.08. The Morgan fingerprint density at radius 1 is 1.24 bits per heavy atom. The van der Waals surface area contributed by atoms with Crippen LogP contribution in [0.5, 0.6) is 0 Å². The van der Waals surface area contributed by atoms with Crippen LogP contribution in [-0.2, 0) is 0 Å². The van der Waals surface area contributed by atoms with Crippen LogP contribution in [0.25, 0.3) is 0 Å². The molecule has 0 saturated carbocycles. The first-order valence-corrected chi connectivity index (χ1v) is 5.29. The molecule has 0 fully saturated rings. The van der Waals surface area contributed by atoms with E-state index in [2.05, 4.69) is 10.3 Å². The van der Waals surface area contributed by atoms with Crippen molar-refractivity contribution in [1.82, 2.24) is 4.98 Å². The molecule has 17 heavy (non-hydrogen) atoms. The topological polar surface area (TPSA) is 24.9 Å². The summed E-state index contributed by atoms with van der Waals surface area (Å²) >= 11 is 5.58. The summed E-state index contributed by atoms with van der Waals surface area (Å²) in [6.45, 7) is 1.72. The Kier molecular flexibility index (Phi) is 3.24. The Labute approximate surface area is 102 Å². The number of aryl methyl sites for hydroxylation is 1. The minimum Gasteiger partial charge on any atom is -0.335 e. The van der Waals surface area contributed by atoms with Gasteiger partial charge in [0.15, 0.2) is 11.6 Å². The van der Waals surface area contributed by atoms with Gasteiger partial charge in [-0.3, -0.25) is 0 Å². The highest BCUT2D eigenvalue weighted by Crippen LogP contribution is 2.25. The smallest absolute Gasteiger partial charge is 0.167 e. The van der Waals surface area contributed by atoms with Gasteiger partial charge >= 0.3 is 0 Å². The number of hydrogen-bond donors (Lipinski definition) is 1. The van der Waals surface area contributed by atoms with Crippen LogP contribution in [0.15, 0.2) is 30.5 Å². The summed E-state index contributed by atoms with van der Waals surface area (Å²) < 4.78 is 27.0. The number of hydrogen-bond acceptors (Lipinski definition) is 2. The highest BCUT2D eigenvalue weighted by molar-refractivity contribution is 6.30. The van der Waals surface area contributed by atoms with Crippen LogP contribution in [0.2, 0.25) is 5.02 Å². The molecule has 1 N–H and O–H groups in total. The second kappa shape index (κ2) is 4.67. The fraction of sp³-hybridized carbons (Fsp3) is 0.0833. The van der Waals surface area contributed by atoms with E-state index in [1.807, 2.05) is 0 Å². The number of benzene rings is 1. The number of rotatable bonds is 2. The molecule has 5 heteroatoms. The summed E-state index contributed by atoms with van der Waals surface area (Å²) in [6.07, 6.45) is 1.29. The Morgan fingerprint density at radius 2 is 2.00 bits per heavy atom. The zero-order chi connectivity index (χ0) is 12.4. The highest BCUT2D eigenvalue weighted by atomic mass is 35.5. The molecule has 88 valence electrons. The van der Waals surface area contributed by atoms with Gasteiger partial charge in [-0.25, -0.2) is 13.8 Å². The second-order valence-electron chi connectivity index (χ2n) is 3.54. The van der Waals surface area contributed by atoms with Gasteiger partial charge < -0.3 is 5.32 Å². The molecule has 0 bridgehead atoms. The SMILES string of the molecule is Cc1cccc(F)c1Nc1ncc(Cl)cc1F. The molecule has 2 nitrogen and oxygen atoms in total. The van der Waals surface area contributed by atoms with Crippen LogP contribution in [0.3, 0.4) is 0 Å². The van der Waals surface area contributed by atoms with Crippen molar-refractivity contribution in [2.75, 3.05) is 5.32 Å². The Hall–Kier alpha value is -1.68. The van der Waals surface area contributed by atoms with Crippen LogP contribution in [-0.4, -0.2) is 4.98 Å². The molecule has 0 radical (unpaired) electrons. The zero-order valence-electron chi connectivity index (χ0n) is 8.97. The summed E-state index contributed by atoms with van der Waals surface area (Å²) in [6, 6.07) is 5.72. The monoisotopic (exact) mass is 254 g/mol. The summed E-state index contributed by atoms with van der Waals surface area (Å²) in [5.74, 6) is -1.14. The van der Waals surface area contributed by atoms with E-state index in [-0.39, 0.29) is 16.5 Å². The molecular weight excluding hydrogens is 246 g/mol. The van der Waals surface area contributed by atoms with Gasteiger partial charge in [0.25, 0.3) is 0 Å². The normalized spacial score (nSPS) is 10.4. The van der Waals surface area contributed by atoms with Crippen molar-refractivity contribution in [2.45, 2.75) is 6.92 Å². The largest absolute Gasteiger partial charge is 0.335 e. The molecular formula is C12H9ClF2N2. The van der Waals surface area contributed by atoms with Crippen molar-refractivity contribution < 1.29 is 8.78 Å². The molecule has 0 spiro atoms. The Morgan fingerprint density at radius 3 is 2.65 bits per heavy atom. The van der Waals surface area contributed by atoms with Crippen LogP contribution in [0.1, 0.15) is 5.56 Å². The van der Waals surface area contributed by atoms with Gasteiger partial charge in [-0.15, -0.1) is 0 Å². The maximum Gasteiger partial charge on any atom is 0.167 e. The molecule has 0 saturated heterocycles. The number of halogens is 3. The summed E-state index contributed by atoms with van der Waals surface area (Å²) in [5, 5.41) is 2.81. The number of nitrogens with zero attached hydrogens (tertiary/aromatic N) is 1. The molecule has 1 aromatic carbocycles. The molecule has 0 aliphatic heterocycles. The maximum atomic E-state index is 13.5. The van der Waals surface area contributed by atoms with Gasteiger partial charge in [-0.2, -0.15) is 0 Å². The maximum absolute atomic E-state index is 13.5. The van der Waals surface area contributed by atoms with E-state index in [0.29, 0.717) is 5.56 Å². The lowest BCUT2D eigenvalue weighted by molar-refractivity contribution is 0.621. The van der Waals surface area contributed by atoms with Crippen LogP contribution >= 0.6 is 11.6 Å². The standard InChI is InChI=1S/C12H9ClF2N2/c1-7-3-2-4-9(14)11(7)17-12-10(15)5-8(13)6-16-12/h2-6H,1H3,(H,16,17). The van der Waals surface area contributed by atoms with Gasteiger partial charge in [-0.05, 0) is 24.6 Å². The van der Waals surface area contributed by atoms with E-state index < -0.39 is 11.6 Å². The van der Waals surface area contributed by atoms with Crippen LogP contribution < -0.4 is 5.32 Å². The van der Waals surface area contributed by atoms with Gasteiger partial charge in [0, 0.05) is 6.20 Å². The fourth-order valence-corrected chi connectivity index (χ4v) is 1.56. The van der Waals surface area contributed by atoms with E-state index in [0.717, 1.165) is 6.07 Å². The Balaban J connectivity index is 2.38. The molecule has 2 rings (SSSR count). The van der Waals surface area contributed by atoms with Crippen LogP contribution in [0.4, 0.5) is 20.3 Å². The second-order valence-corrected chi connectivity index (χ2v) is 3.98. The number of para-hydroxylation sites is 1. The average Bonchev–Trinajstić information content (AvgIpc) is 2.26. The third kappa shape index (κ3) is 2.53. The fourth-order valence-electron chi connectivity index (χ4n) is 1.42. The molecule has 1 heterocycles. The molecule has 0 aliphatic rings. The Bertz CT molecular complexity index is 538. The summed E-state index contributed by atoms with van der Waals surface area (Å²) in [4.78, 5) is 3.77. The van der Waals surface area contributed by atoms with Crippen molar-refractivity contribution in [3.63, 3.8) is 0 Å². The summed E-state index contributed by atoms with van der Waals surface area (Å²) in [7, 11) is 0. The first kappa shape index (κ1) is 11.8. The number of nitrogens with one attached hydrogen (secondary N) is 1. The first-order valence-electron chi connectivity index (χ1n) is 4.91. The summed E-state index contributed by atoms with van der Waals surface area (Å²) in [5.41, 5.74) is 0.877.